The molecule has 1 amide bonds. The van der Waals surface area contributed by atoms with E-state index in [9.17, 15) is 4.79 Å². The summed E-state index contributed by atoms with van der Waals surface area (Å²) in [4.78, 5) is 19.1. The molecule has 0 aliphatic carbocycles. The molecular formula is C14H24N4O2S. The van der Waals surface area contributed by atoms with Gasteiger partial charge in [0, 0.05) is 33.4 Å². The Morgan fingerprint density at radius 1 is 1.52 bits per heavy atom. The van der Waals surface area contributed by atoms with Crippen LogP contribution >= 0.6 is 11.3 Å². The zero-order valence-corrected chi connectivity index (χ0v) is 13.5. The van der Waals surface area contributed by atoms with Gasteiger partial charge in [-0.1, -0.05) is 18.3 Å². The number of nitrogens with zero attached hydrogens (tertiary/aromatic N) is 2. The van der Waals surface area contributed by atoms with Crippen molar-refractivity contribution in [3.05, 3.63) is 4.88 Å². The molecule has 7 heteroatoms. The van der Waals surface area contributed by atoms with Crippen molar-refractivity contribution in [3.63, 3.8) is 0 Å². The van der Waals surface area contributed by atoms with E-state index >= 15 is 0 Å². The predicted molar refractivity (Wildman–Crippen MR) is 86.0 cm³/mol. The molecule has 1 aromatic heterocycles. The molecule has 0 spiro atoms. The Bertz CT molecular complexity index is 472. The molecular weight excluding hydrogens is 288 g/mol. The third-order valence-electron chi connectivity index (χ3n) is 3.63. The highest BCUT2D eigenvalue weighted by molar-refractivity contribution is 7.18. The van der Waals surface area contributed by atoms with Crippen LogP contribution in [-0.4, -0.2) is 44.2 Å². The second-order valence-corrected chi connectivity index (χ2v) is 6.38. The number of hydrogen-bond acceptors (Lipinski definition) is 6. The summed E-state index contributed by atoms with van der Waals surface area (Å²) < 4.78 is 5.32. The van der Waals surface area contributed by atoms with E-state index in [0.717, 1.165) is 44.2 Å². The zero-order chi connectivity index (χ0) is 15.2. The number of rotatable bonds is 6. The van der Waals surface area contributed by atoms with E-state index in [-0.39, 0.29) is 5.91 Å². The second kappa shape index (κ2) is 7.61. The minimum Gasteiger partial charge on any atom is -0.382 e. The minimum absolute atomic E-state index is 0.118. The SMILES string of the molecule is CCCN(C)c1nc(N)c(C(=O)NCC2CCOCC2)s1. The summed E-state index contributed by atoms with van der Waals surface area (Å²) in [5, 5.41) is 3.77. The number of nitrogen functional groups attached to an aromatic ring is 1. The van der Waals surface area contributed by atoms with Gasteiger partial charge in [-0.3, -0.25) is 4.79 Å². The Hall–Kier alpha value is -1.34. The maximum Gasteiger partial charge on any atom is 0.265 e. The molecule has 21 heavy (non-hydrogen) atoms. The van der Waals surface area contributed by atoms with Gasteiger partial charge in [0.15, 0.2) is 5.13 Å². The van der Waals surface area contributed by atoms with E-state index in [2.05, 4.69) is 17.2 Å². The molecule has 0 radical (unpaired) electrons. The summed E-state index contributed by atoms with van der Waals surface area (Å²) in [5.41, 5.74) is 5.88. The molecule has 0 bridgehead atoms. The van der Waals surface area contributed by atoms with Gasteiger partial charge in [-0.2, -0.15) is 0 Å². The van der Waals surface area contributed by atoms with Crippen molar-refractivity contribution < 1.29 is 9.53 Å². The van der Waals surface area contributed by atoms with Crippen molar-refractivity contribution in [1.82, 2.24) is 10.3 Å². The van der Waals surface area contributed by atoms with E-state index < -0.39 is 0 Å². The van der Waals surface area contributed by atoms with Crippen molar-refractivity contribution in [2.75, 3.05) is 44.0 Å². The monoisotopic (exact) mass is 312 g/mol. The average Bonchev–Trinajstić information content (AvgIpc) is 2.88. The number of carbonyl (C=O) groups excluding carboxylic acids is 1. The first-order valence-electron chi connectivity index (χ1n) is 7.45. The third kappa shape index (κ3) is 4.31. The van der Waals surface area contributed by atoms with E-state index in [1.54, 1.807) is 0 Å². The molecule has 1 aliphatic rings. The number of hydrogen-bond donors (Lipinski definition) is 2. The largest absolute Gasteiger partial charge is 0.382 e. The smallest absolute Gasteiger partial charge is 0.265 e. The van der Waals surface area contributed by atoms with Crippen LogP contribution in [0.1, 0.15) is 35.9 Å². The van der Waals surface area contributed by atoms with Gasteiger partial charge in [0.25, 0.3) is 5.91 Å². The van der Waals surface area contributed by atoms with Crippen molar-refractivity contribution >= 4 is 28.2 Å². The van der Waals surface area contributed by atoms with Crippen LogP contribution in [0.15, 0.2) is 0 Å². The van der Waals surface area contributed by atoms with E-state index in [4.69, 9.17) is 10.5 Å². The van der Waals surface area contributed by atoms with Gasteiger partial charge in [-0.25, -0.2) is 4.98 Å². The van der Waals surface area contributed by atoms with Crippen molar-refractivity contribution in [2.24, 2.45) is 5.92 Å². The van der Waals surface area contributed by atoms with Gasteiger partial charge < -0.3 is 20.7 Å². The van der Waals surface area contributed by atoms with Crippen LogP contribution in [0.4, 0.5) is 10.9 Å². The predicted octanol–water partition coefficient (Wildman–Crippen LogP) is 1.73. The highest BCUT2D eigenvalue weighted by atomic mass is 32.1. The highest BCUT2D eigenvalue weighted by Crippen LogP contribution is 2.27. The Morgan fingerprint density at radius 2 is 2.24 bits per heavy atom. The number of aromatic nitrogens is 1. The molecule has 118 valence electrons. The summed E-state index contributed by atoms with van der Waals surface area (Å²) in [5.74, 6) is 0.703. The molecule has 1 aliphatic heterocycles. The van der Waals surface area contributed by atoms with Crippen molar-refractivity contribution in [2.45, 2.75) is 26.2 Å². The fraction of sp³-hybridized carbons (Fsp3) is 0.714. The second-order valence-electron chi connectivity index (χ2n) is 5.40. The first-order chi connectivity index (χ1) is 10.1. The maximum atomic E-state index is 12.2. The summed E-state index contributed by atoms with van der Waals surface area (Å²) in [6, 6.07) is 0. The Balaban J connectivity index is 1.92. The number of carbonyl (C=O) groups is 1. The van der Waals surface area contributed by atoms with Crippen LogP contribution in [0.25, 0.3) is 0 Å². The first kappa shape index (κ1) is 16.0. The lowest BCUT2D eigenvalue weighted by Crippen LogP contribution is -2.32. The lowest BCUT2D eigenvalue weighted by atomic mass is 10.0. The summed E-state index contributed by atoms with van der Waals surface area (Å²) in [6.07, 6.45) is 3.03. The van der Waals surface area contributed by atoms with Gasteiger partial charge in [0.1, 0.15) is 10.7 Å². The molecule has 0 aromatic carbocycles. The molecule has 0 atom stereocenters. The number of amides is 1. The fourth-order valence-electron chi connectivity index (χ4n) is 2.35. The van der Waals surface area contributed by atoms with Gasteiger partial charge >= 0.3 is 0 Å². The van der Waals surface area contributed by atoms with Gasteiger partial charge in [-0.05, 0) is 25.2 Å². The Kier molecular flexibility index (Phi) is 5.81. The number of ether oxygens (including phenoxy) is 1. The summed E-state index contributed by atoms with van der Waals surface area (Å²) in [6.45, 7) is 5.26. The van der Waals surface area contributed by atoms with Gasteiger partial charge in [0.2, 0.25) is 0 Å². The van der Waals surface area contributed by atoms with Crippen LogP contribution < -0.4 is 16.0 Å². The van der Waals surface area contributed by atoms with E-state index in [1.165, 1.54) is 11.3 Å². The van der Waals surface area contributed by atoms with Crippen LogP contribution in [0.3, 0.4) is 0 Å². The number of thiazole rings is 1. The Labute approximate surface area is 129 Å². The lowest BCUT2D eigenvalue weighted by molar-refractivity contribution is 0.0643. The third-order valence-corrected chi connectivity index (χ3v) is 4.81. The van der Waals surface area contributed by atoms with E-state index in [0.29, 0.717) is 23.2 Å². The van der Waals surface area contributed by atoms with Gasteiger partial charge in [-0.15, -0.1) is 0 Å². The van der Waals surface area contributed by atoms with E-state index in [1.807, 2.05) is 11.9 Å². The maximum absolute atomic E-state index is 12.2. The molecule has 0 saturated carbocycles. The topological polar surface area (TPSA) is 80.5 Å². The summed E-state index contributed by atoms with van der Waals surface area (Å²) >= 11 is 1.36. The minimum atomic E-state index is -0.118. The first-order valence-corrected chi connectivity index (χ1v) is 8.26. The fourth-order valence-corrected chi connectivity index (χ4v) is 3.23. The van der Waals surface area contributed by atoms with Crippen LogP contribution in [0, 0.1) is 5.92 Å². The number of nitrogens with one attached hydrogen (secondary N) is 1. The lowest BCUT2D eigenvalue weighted by Gasteiger charge is -2.21. The number of nitrogens with two attached hydrogens (primary N) is 1. The van der Waals surface area contributed by atoms with Crippen LogP contribution in [0.2, 0.25) is 0 Å². The molecule has 1 fully saturated rings. The zero-order valence-electron chi connectivity index (χ0n) is 12.7. The molecule has 3 N–H and O–H groups in total. The van der Waals surface area contributed by atoms with Crippen molar-refractivity contribution in [1.29, 1.82) is 0 Å². The molecule has 6 nitrogen and oxygen atoms in total. The quantitative estimate of drug-likeness (QED) is 0.836. The molecule has 2 heterocycles. The average molecular weight is 312 g/mol. The summed E-state index contributed by atoms with van der Waals surface area (Å²) in [7, 11) is 1.96. The van der Waals surface area contributed by atoms with Crippen molar-refractivity contribution in [3.8, 4) is 0 Å². The standard InChI is InChI=1S/C14H24N4O2S/c1-3-6-18(2)14-17-12(15)11(21-14)13(19)16-9-10-4-7-20-8-5-10/h10H,3-9,15H2,1-2H3,(H,16,19). The molecule has 2 rings (SSSR count). The van der Waals surface area contributed by atoms with Crippen LogP contribution in [0.5, 0.6) is 0 Å². The highest BCUT2D eigenvalue weighted by Gasteiger charge is 2.20. The molecule has 1 saturated heterocycles. The normalized spacial score (nSPS) is 15.9. The molecule has 0 unspecified atom stereocenters. The van der Waals surface area contributed by atoms with Gasteiger partial charge in [0.05, 0.1) is 0 Å². The van der Waals surface area contributed by atoms with Crippen LogP contribution in [-0.2, 0) is 4.74 Å². The Morgan fingerprint density at radius 3 is 2.90 bits per heavy atom. The number of anilines is 2. The molecule has 1 aromatic rings.